The van der Waals surface area contributed by atoms with Crippen molar-refractivity contribution in [3.63, 3.8) is 0 Å². The minimum absolute atomic E-state index is 0.0175. The first kappa shape index (κ1) is 18.8. The summed E-state index contributed by atoms with van der Waals surface area (Å²) in [6, 6.07) is 11.4. The zero-order valence-corrected chi connectivity index (χ0v) is 15.7. The third-order valence-electron chi connectivity index (χ3n) is 4.90. The van der Waals surface area contributed by atoms with E-state index < -0.39 is 4.92 Å². The third-order valence-corrected chi connectivity index (χ3v) is 4.90. The molecule has 0 aliphatic carbocycles. The molecule has 1 fully saturated rings. The number of pyridine rings is 1. The monoisotopic (exact) mass is 368 g/mol. The number of aromatic nitrogens is 1. The average molecular weight is 368 g/mol. The number of rotatable bonds is 5. The van der Waals surface area contributed by atoms with Gasteiger partial charge in [0, 0.05) is 32.2 Å². The maximum Gasteiger partial charge on any atom is 0.287 e. The molecule has 0 bridgehead atoms. The Hall–Kier alpha value is -2.96. The molecule has 2 heterocycles. The highest BCUT2D eigenvalue weighted by molar-refractivity contribution is 5.79. The van der Waals surface area contributed by atoms with Gasteiger partial charge in [0.2, 0.25) is 5.91 Å². The first-order chi connectivity index (χ1) is 12.9. The molecule has 1 aliphatic rings. The van der Waals surface area contributed by atoms with Crippen LogP contribution >= 0.6 is 0 Å². The Labute approximate surface area is 158 Å². The Morgan fingerprint density at radius 3 is 2.30 bits per heavy atom. The second-order valence-corrected chi connectivity index (χ2v) is 7.07. The highest BCUT2D eigenvalue weighted by Gasteiger charge is 2.22. The first-order valence-corrected chi connectivity index (χ1v) is 9.16. The van der Waals surface area contributed by atoms with Crippen molar-refractivity contribution in [3.05, 3.63) is 63.8 Å². The second kappa shape index (κ2) is 8.16. The Kier molecular flexibility index (Phi) is 5.69. The molecule has 7 heteroatoms. The van der Waals surface area contributed by atoms with Crippen LogP contribution in [0.2, 0.25) is 0 Å². The lowest BCUT2D eigenvalue weighted by Crippen LogP contribution is -2.49. The summed E-state index contributed by atoms with van der Waals surface area (Å²) in [6.07, 6.45) is 1.68. The van der Waals surface area contributed by atoms with E-state index in [4.69, 9.17) is 0 Å². The number of hydrogen-bond donors (Lipinski definition) is 0. The van der Waals surface area contributed by atoms with E-state index in [9.17, 15) is 14.9 Å². The Morgan fingerprint density at radius 1 is 1.11 bits per heavy atom. The van der Waals surface area contributed by atoms with E-state index in [2.05, 4.69) is 31.0 Å². The van der Waals surface area contributed by atoms with Crippen molar-refractivity contribution in [2.45, 2.75) is 26.2 Å². The molecule has 0 atom stereocenters. The lowest BCUT2D eigenvalue weighted by Gasteiger charge is -2.35. The van der Waals surface area contributed by atoms with Crippen molar-refractivity contribution >= 4 is 17.4 Å². The number of carbonyl (C=O) groups excluding carboxylic acids is 1. The van der Waals surface area contributed by atoms with E-state index >= 15 is 0 Å². The van der Waals surface area contributed by atoms with Crippen molar-refractivity contribution in [3.8, 4) is 0 Å². The largest absolute Gasteiger partial charge is 0.353 e. The number of nitrogens with zero attached hydrogens (tertiary/aromatic N) is 4. The molecule has 7 nitrogen and oxygen atoms in total. The molecule has 3 rings (SSSR count). The molecule has 0 N–H and O–H groups in total. The Morgan fingerprint density at radius 2 is 1.78 bits per heavy atom. The zero-order valence-electron chi connectivity index (χ0n) is 15.7. The maximum atomic E-state index is 12.6. The maximum absolute atomic E-state index is 12.6. The summed E-state index contributed by atoms with van der Waals surface area (Å²) in [5, 5.41) is 10.7. The number of piperazine rings is 1. The van der Waals surface area contributed by atoms with Gasteiger partial charge in [-0.15, -0.1) is 0 Å². The van der Waals surface area contributed by atoms with Crippen molar-refractivity contribution in [1.29, 1.82) is 0 Å². The molecule has 2 aromatic rings. The van der Waals surface area contributed by atoms with Crippen LogP contribution in [0.3, 0.4) is 0 Å². The summed E-state index contributed by atoms with van der Waals surface area (Å²) in [5.41, 5.74) is 2.29. The van der Waals surface area contributed by atoms with Crippen LogP contribution in [0.15, 0.2) is 42.6 Å². The molecule has 0 spiro atoms. The van der Waals surface area contributed by atoms with Crippen molar-refractivity contribution in [2.75, 3.05) is 31.1 Å². The summed E-state index contributed by atoms with van der Waals surface area (Å²) in [4.78, 5) is 30.9. The van der Waals surface area contributed by atoms with Gasteiger partial charge in [0.1, 0.15) is 12.0 Å². The lowest BCUT2D eigenvalue weighted by molar-refractivity contribution is -0.385. The van der Waals surface area contributed by atoms with Gasteiger partial charge in [0.05, 0.1) is 11.3 Å². The molecule has 1 saturated heterocycles. The third kappa shape index (κ3) is 4.61. The van der Waals surface area contributed by atoms with Crippen LogP contribution in [-0.2, 0) is 11.2 Å². The average Bonchev–Trinajstić information content (AvgIpc) is 2.68. The van der Waals surface area contributed by atoms with Crippen molar-refractivity contribution in [2.24, 2.45) is 0 Å². The molecular formula is C20H24N4O3. The molecule has 142 valence electrons. The number of anilines is 1. The molecule has 1 aromatic carbocycles. The summed E-state index contributed by atoms with van der Waals surface area (Å²) < 4.78 is 0. The fourth-order valence-electron chi connectivity index (χ4n) is 3.17. The van der Waals surface area contributed by atoms with Crippen LogP contribution in [0.5, 0.6) is 0 Å². The van der Waals surface area contributed by atoms with Crippen LogP contribution in [-0.4, -0.2) is 46.9 Å². The van der Waals surface area contributed by atoms with Gasteiger partial charge in [-0.3, -0.25) is 14.9 Å². The van der Waals surface area contributed by atoms with Crippen molar-refractivity contribution in [1.82, 2.24) is 9.88 Å². The summed E-state index contributed by atoms with van der Waals surface area (Å²) in [6.45, 7) is 6.90. The van der Waals surface area contributed by atoms with Gasteiger partial charge in [-0.05, 0) is 23.1 Å². The second-order valence-electron chi connectivity index (χ2n) is 7.07. The summed E-state index contributed by atoms with van der Waals surface area (Å²) in [7, 11) is 0. The summed E-state index contributed by atoms with van der Waals surface area (Å²) >= 11 is 0. The van der Waals surface area contributed by atoms with Gasteiger partial charge in [-0.2, -0.15) is 0 Å². The molecule has 0 radical (unpaired) electrons. The predicted molar refractivity (Wildman–Crippen MR) is 104 cm³/mol. The van der Waals surface area contributed by atoms with Gasteiger partial charge in [0.15, 0.2) is 0 Å². The number of benzene rings is 1. The van der Waals surface area contributed by atoms with E-state index in [-0.39, 0.29) is 11.6 Å². The highest BCUT2D eigenvalue weighted by Crippen LogP contribution is 2.18. The lowest BCUT2D eigenvalue weighted by atomic mass is 10.0. The van der Waals surface area contributed by atoms with E-state index in [0.29, 0.717) is 44.3 Å². The fraction of sp³-hybridized carbons (Fsp3) is 0.400. The number of nitro groups is 1. The minimum Gasteiger partial charge on any atom is -0.353 e. The molecule has 0 saturated carbocycles. The van der Waals surface area contributed by atoms with E-state index in [1.807, 2.05) is 21.9 Å². The molecular weight excluding hydrogens is 344 g/mol. The normalized spacial score (nSPS) is 14.5. The molecule has 27 heavy (non-hydrogen) atoms. The van der Waals surface area contributed by atoms with E-state index in [1.165, 1.54) is 17.8 Å². The quantitative estimate of drug-likeness (QED) is 0.599. The fourth-order valence-corrected chi connectivity index (χ4v) is 3.17. The SMILES string of the molecule is CC(C)c1ccc(CC(=O)N2CCN(c3ccc([N+](=O)[O-])cn3)CC2)cc1. The van der Waals surface area contributed by atoms with Crippen LogP contribution in [0.1, 0.15) is 30.9 Å². The standard InChI is InChI=1S/C20H24N4O3/c1-15(2)17-5-3-16(4-6-17)13-20(25)23-11-9-22(10-12-23)19-8-7-18(14-21-19)24(26)27/h3-8,14-15H,9-13H2,1-2H3. The summed E-state index contributed by atoms with van der Waals surface area (Å²) in [5.74, 6) is 1.32. The van der Waals surface area contributed by atoms with E-state index in [0.717, 1.165) is 5.56 Å². The minimum atomic E-state index is -0.457. The number of carbonyl (C=O) groups is 1. The van der Waals surface area contributed by atoms with Gasteiger partial charge in [0.25, 0.3) is 5.69 Å². The number of hydrogen-bond acceptors (Lipinski definition) is 5. The van der Waals surface area contributed by atoms with Gasteiger partial charge in [-0.1, -0.05) is 38.1 Å². The van der Waals surface area contributed by atoms with Crippen LogP contribution in [0, 0.1) is 10.1 Å². The van der Waals surface area contributed by atoms with Crippen molar-refractivity contribution < 1.29 is 9.72 Å². The molecule has 1 aromatic heterocycles. The zero-order chi connectivity index (χ0) is 19.4. The molecule has 1 aliphatic heterocycles. The van der Waals surface area contributed by atoms with Gasteiger partial charge in [-0.25, -0.2) is 4.98 Å². The molecule has 0 unspecified atom stereocenters. The first-order valence-electron chi connectivity index (χ1n) is 9.16. The van der Waals surface area contributed by atoms with Gasteiger partial charge < -0.3 is 9.80 Å². The Balaban J connectivity index is 1.53. The topological polar surface area (TPSA) is 79.6 Å². The van der Waals surface area contributed by atoms with Crippen LogP contribution < -0.4 is 4.90 Å². The van der Waals surface area contributed by atoms with Crippen LogP contribution in [0.4, 0.5) is 11.5 Å². The highest BCUT2D eigenvalue weighted by atomic mass is 16.6. The number of amides is 1. The van der Waals surface area contributed by atoms with Crippen LogP contribution in [0.25, 0.3) is 0 Å². The predicted octanol–water partition coefficient (Wildman–Crippen LogP) is 3.00. The smallest absolute Gasteiger partial charge is 0.287 e. The Bertz CT molecular complexity index is 795. The van der Waals surface area contributed by atoms with E-state index in [1.54, 1.807) is 6.07 Å². The molecule has 1 amide bonds. The van der Waals surface area contributed by atoms with Gasteiger partial charge >= 0.3 is 0 Å².